The third-order valence-electron chi connectivity index (χ3n) is 4.51. The molecule has 160 valence electrons. The highest BCUT2D eigenvalue weighted by molar-refractivity contribution is 7.92. The molecule has 0 saturated heterocycles. The first-order chi connectivity index (χ1) is 14.0. The van der Waals surface area contributed by atoms with Crippen molar-refractivity contribution < 1.29 is 27.5 Å². The van der Waals surface area contributed by atoms with Gasteiger partial charge in [-0.05, 0) is 63.9 Å². The lowest BCUT2D eigenvalue weighted by Gasteiger charge is -2.24. The number of esters is 2. The van der Waals surface area contributed by atoms with E-state index in [9.17, 15) is 18.0 Å². The molecule has 0 aliphatic carbocycles. The Kier molecular flexibility index (Phi) is 5.90. The fourth-order valence-corrected chi connectivity index (χ4v) is 5.12. The van der Waals surface area contributed by atoms with Crippen LogP contribution in [-0.2, 0) is 30.7 Å². The predicted molar refractivity (Wildman–Crippen MR) is 112 cm³/mol. The summed E-state index contributed by atoms with van der Waals surface area (Å²) < 4.78 is 38.1. The smallest absolute Gasteiger partial charge is 0.344 e. The Morgan fingerprint density at radius 3 is 2.50 bits per heavy atom. The molecule has 1 unspecified atom stereocenters. The minimum atomic E-state index is -3.88. The van der Waals surface area contributed by atoms with Crippen molar-refractivity contribution in [2.24, 2.45) is 0 Å². The monoisotopic (exact) mass is 431 g/mol. The number of fused-ring (bicyclic) bond motifs is 1. The number of benzene rings is 2. The van der Waals surface area contributed by atoms with Crippen molar-refractivity contribution in [1.29, 1.82) is 0 Å². The zero-order valence-corrected chi connectivity index (χ0v) is 18.2. The van der Waals surface area contributed by atoms with Gasteiger partial charge in [0.1, 0.15) is 5.60 Å². The normalized spacial score (nSPS) is 16.1. The fourth-order valence-electron chi connectivity index (χ4n) is 3.38. The molecule has 2 aromatic carbocycles. The molecule has 0 radical (unpaired) electrons. The zero-order chi connectivity index (χ0) is 22.1. The summed E-state index contributed by atoms with van der Waals surface area (Å²) in [5.41, 5.74) is 0.949. The van der Waals surface area contributed by atoms with Gasteiger partial charge in [-0.1, -0.05) is 24.3 Å². The minimum absolute atomic E-state index is 0.0160. The van der Waals surface area contributed by atoms with E-state index < -0.39 is 34.2 Å². The Morgan fingerprint density at radius 2 is 1.80 bits per heavy atom. The van der Waals surface area contributed by atoms with E-state index in [2.05, 4.69) is 0 Å². The molecule has 1 heterocycles. The van der Waals surface area contributed by atoms with Gasteiger partial charge < -0.3 is 9.47 Å². The fraction of sp³-hybridized carbons (Fsp3) is 0.364. The highest BCUT2D eigenvalue weighted by Crippen LogP contribution is 2.36. The van der Waals surface area contributed by atoms with Crippen molar-refractivity contribution in [3.63, 3.8) is 0 Å². The maximum atomic E-state index is 13.3. The van der Waals surface area contributed by atoms with Crippen LogP contribution in [0.15, 0.2) is 53.4 Å². The molecule has 30 heavy (non-hydrogen) atoms. The minimum Gasteiger partial charge on any atom is -0.457 e. The number of carbonyl (C=O) groups is 2. The number of para-hydroxylation sites is 1. The van der Waals surface area contributed by atoms with E-state index in [-0.39, 0.29) is 16.5 Å². The first kappa shape index (κ1) is 21.8. The second-order valence-electron chi connectivity index (χ2n) is 8.17. The SMILES string of the molecule is CC1Cc2ccccc2N1S(=O)(=O)c1cccc(C(=O)OCC(=O)OC(C)(C)C)c1. The number of rotatable bonds is 5. The Hall–Kier alpha value is -2.87. The van der Waals surface area contributed by atoms with Crippen LogP contribution in [0.4, 0.5) is 5.69 Å². The second kappa shape index (κ2) is 8.10. The van der Waals surface area contributed by atoms with E-state index in [1.54, 1.807) is 32.9 Å². The number of hydrogen-bond donors (Lipinski definition) is 0. The molecule has 0 saturated carbocycles. The van der Waals surface area contributed by atoms with Gasteiger partial charge in [-0.25, -0.2) is 18.0 Å². The molecule has 0 aromatic heterocycles. The summed E-state index contributed by atoms with van der Waals surface area (Å²) in [7, 11) is -3.88. The van der Waals surface area contributed by atoms with Crippen LogP contribution >= 0.6 is 0 Å². The molecule has 8 heteroatoms. The molecule has 0 bridgehead atoms. The highest BCUT2D eigenvalue weighted by Gasteiger charge is 2.36. The van der Waals surface area contributed by atoms with Crippen molar-refractivity contribution in [1.82, 2.24) is 0 Å². The lowest BCUT2D eigenvalue weighted by Crippen LogP contribution is -2.35. The van der Waals surface area contributed by atoms with Crippen LogP contribution in [0.2, 0.25) is 0 Å². The maximum Gasteiger partial charge on any atom is 0.344 e. The van der Waals surface area contributed by atoms with E-state index in [4.69, 9.17) is 9.47 Å². The van der Waals surface area contributed by atoms with E-state index in [0.717, 1.165) is 5.56 Å². The molecule has 0 N–H and O–H groups in total. The molecule has 2 aromatic rings. The molecule has 0 fully saturated rings. The second-order valence-corrected chi connectivity index (χ2v) is 9.99. The van der Waals surface area contributed by atoms with Gasteiger partial charge in [0.05, 0.1) is 16.1 Å². The van der Waals surface area contributed by atoms with Gasteiger partial charge in [-0.2, -0.15) is 0 Å². The van der Waals surface area contributed by atoms with Crippen molar-refractivity contribution in [3.8, 4) is 0 Å². The van der Waals surface area contributed by atoms with Crippen molar-refractivity contribution in [2.45, 2.75) is 50.7 Å². The van der Waals surface area contributed by atoms with Crippen molar-refractivity contribution in [2.75, 3.05) is 10.9 Å². The first-order valence-electron chi connectivity index (χ1n) is 9.60. The zero-order valence-electron chi connectivity index (χ0n) is 17.4. The largest absolute Gasteiger partial charge is 0.457 e. The molecular formula is C22H25NO6S. The Labute approximate surface area is 176 Å². The Balaban J connectivity index is 1.80. The number of anilines is 1. The molecule has 0 spiro atoms. The average Bonchev–Trinajstić information content (AvgIpc) is 3.01. The summed E-state index contributed by atoms with van der Waals surface area (Å²) in [6.07, 6.45) is 0.618. The van der Waals surface area contributed by atoms with E-state index in [1.807, 2.05) is 19.1 Å². The van der Waals surface area contributed by atoms with Gasteiger partial charge in [0, 0.05) is 6.04 Å². The maximum absolute atomic E-state index is 13.3. The Bertz CT molecular complexity index is 1070. The summed E-state index contributed by atoms with van der Waals surface area (Å²) in [6, 6.07) is 12.7. The van der Waals surface area contributed by atoms with Gasteiger partial charge in [0.25, 0.3) is 10.0 Å². The van der Waals surface area contributed by atoms with Crippen LogP contribution in [0.3, 0.4) is 0 Å². The summed E-state index contributed by atoms with van der Waals surface area (Å²) in [5, 5.41) is 0. The molecule has 1 aliphatic heterocycles. The van der Waals surface area contributed by atoms with E-state index in [1.165, 1.54) is 28.6 Å². The quantitative estimate of drug-likeness (QED) is 0.675. The molecule has 0 amide bonds. The average molecular weight is 432 g/mol. The molecule has 7 nitrogen and oxygen atoms in total. The van der Waals surface area contributed by atoms with Crippen LogP contribution in [0.1, 0.15) is 43.6 Å². The number of hydrogen-bond acceptors (Lipinski definition) is 6. The number of carbonyl (C=O) groups excluding carboxylic acids is 2. The van der Waals surface area contributed by atoms with Crippen LogP contribution in [-0.4, -0.2) is 38.6 Å². The molecule has 3 rings (SSSR count). The Morgan fingerprint density at radius 1 is 1.10 bits per heavy atom. The number of nitrogens with zero attached hydrogens (tertiary/aromatic N) is 1. The van der Waals surface area contributed by atoms with Gasteiger partial charge in [0.15, 0.2) is 6.61 Å². The summed E-state index contributed by atoms with van der Waals surface area (Å²) >= 11 is 0. The van der Waals surface area contributed by atoms with Crippen LogP contribution < -0.4 is 4.31 Å². The molecule has 1 aliphatic rings. The van der Waals surface area contributed by atoms with Crippen LogP contribution in [0.5, 0.6) is 0 Å². The summed E-state index contributed by atoms with van der Waals surface area (Å²) in [6.45, 7) is 6.41. The summed E-state index contributed by atoms with van der Waals surface area (Å²) in [5.74, 6) is -1.48. The van der Waals surface area contributed by atoms with E-state index in [0.29, 0.717) is 12.1 Å². The lowest BCUT2D eigenvalue weighted by molar-refractivity contribution is -0.158. The third kappa shape index (κ3) is 4.64. The van der Waals surface area contributed by atoms with Gasteiger partial charge >= 0.3 is 11.9 Å². The van der Waals surface area contributed by atoms with Crippen molar-refractivity contribution >= 4 is 27.6 Å². The lowest BCUT2D eigenvalue weighted by atomic mass is 10.1. The van der Waals surface area contributed by atoms with Gasteiger partial charge in [-0.3, -0.25) is 4.31 Å². The molecular weight excluding hydrogens is 406 g/mol. The number of sulfonamides is 1. The summed E-state index contributed by atoms with van der Waals surface area (Å²) in [4.78, 5) is 24.1. The standard InChI is InChI=1S/C22H25NO6S/c1-15-12-16-8-5-6-11-19(16)23(15)30(26,27)18-10-7-9-17(13-18)21(25)28-14-20(24)29-22(2,3)4/h5-11,13,15H,12,14H2,1-4H3. The third-order valence-corrected chi connectivity index (χ3v) is 6.44. The van der Waals surface area contributed by atoms with Crippen LogP contribution in [0.25, 0.3) is 0 Å². The predicted octanol–water partition coefficient (Wildman–Crippen LogP) is 3.33. The highest BCUT2D eigenvalue weighted by atomic mass is 32.2. The van der Waals surface area contributed by atoms with Crippen molar-refractivity contribution in [3.05, 3.63) is 59.7 Å². The molecule has 1 atom stereocenters. The first-order valence-corrected chi connectivity index (χ1v) is 11.0. The van der Waals surface area contributed by atoms with E-state index >= 15 is 0 Å². The van der Waals surface area contributed by atoms with Crippen LogP contribution in [0, 0.1) is 0 Å². The number of ether oxygens (including phenoxy) is 2. The topological polar surface area (TPSA) is 90.0 Å². The van der Waals surface area contributed by atoms with Gasteiger partial charge in [0.2, 0.25) is 0 Å². The van der Waals surface area contributed by atoms with Gasteiger partial charge in [-0.15, -0.1) is 0 Å².